The molecule has 1 heterocycles. The maximum atomic E-state index is 15.9. The minimum atomic E-state index is -0.183. The van der Waals surface area contributed by atoms with Gasteiger partial charge in [0.05, 0.1) is 0 Å². The summed E-state index contributed by atoms with van der Waals surface area (Å²) < 4.78 is 26.7. The molecule has 1 saturated heterocycles. The fourth-order valence-electron chi connectivity index (χ4n) is 6.13. The molecule has 2 aliphatic rings. The van der Waals surface area contributed by atoms with Gasteiger partial charge in [0.1, 0.15) is 11.6 Å². The number of nitrogens with zero attached hydrogens (tertiary/aromatic N) is 1. The molecule has 0 aromatic heterocycles. The van der Waals surface area contributed by atoms with Crippen molar-refractivity contribution < 1.29 is 19.0 Å². The van der Waals surface area contributed by atoms with Gasteiger partial charge in [0, 0.05) is 44.8 Å². The second-order valence-corrected chi connectivity index (χ2v) is 9.79. The van der Waals surface area contributed by atoms with Crippen molar-refractivity contribution in [1.29, 1.82) is 0 Å². The molecule has 5 heteroatoms. The first-order chi connectivity index (χ1) is 17.1. The maximum Gasteiger partial charge on any atom is 0.159 e. The number of hydrogen-bond donors (Lipinski definition) is 1. The summed E-state index contributed by atoms with van der Waals surface area (Å²) in [6, 6.07) is 21.7. The summed E-state index contributed by atoms with van der Waals surface area (Å²) in [5, 5.41) is 10.1. The zero-order chi connectivity index (χ0) is 24.4. The van der Waals surface area contributed by atoms with Gasteiger partial charge in [-0.3, -0.25) is 0 Å². The normalized spacial score (nSPS) is 20.7. The number of benzene rings is 3. The lowest BCUT2D eigenvalue weighted by atomic mass is 9.69. The van der Waals surface area contributed by atoms with Crippen molar-refractivity contribution in [2.24, 2.45) is 5.92 Å². The highest BCUT2D eigenvalue weighted by Crippen LogP contribution is 2.48. The first kappa shape index (κ1) is 23.8. The number of phenols is 1. The highest BCUT2D eigenvalue weighted by atomic mass is 19.1. The summed E-state index contributed by atoms with van der Waals surface area (Å²) in [6.45, 7) is 1.70. The third-order valence-corrected chi connectivity index (χ3v) is 7.89. The second kappa shape index (κ2) is 10.4. The predicted octanol–water partition coefficient (Wildman–Crippen LogP) is 6.23. The molecule has 0 unspecified atom stereocenters. The van der Waals surface area contributed by atoms with Crippen molar-refractivity contribution >= 4 is 5.69 Å². The van der Waals surface area contributed by atoms with Crippen LogP contribution in [0.3, 0.4) is 0 Å². The van der Waals surface area contributed by atoms with Crippen LogP contribution in [0, 0.1) is 11.7 Å². The van der Waals surface area contributed by atoms with E-state index in [-0.39, 0.29) is 29.7 Å². The number of phenolic OH excluding ortho intramolecular Hbond substituents is 1. The molecule has 5 rings (SSSR count). The van der Waals surface area contributed by atoms with E-state index in [0.29, 0.717) is 5.92 Å². The minimum Gasteiger partial charge on any atom is -0.508 e. The smallest absolute Gasteiger partial charge is 0.159 e. The van der Waals surface area contributed by atoms with E-state index in [1.54, 1.807) is 26.4 Å². The Bertz CT molecular complexity index is 1140. The molecule has 1 aliphatic carbocycles. The molecule has 1 fully saturated rings. The zero-order valence-corrected chi connectivity index (χ0v) is 20.5. The number of piperidine rings is 1. The van der Waals surface area contributed by atoms with Crippen LogP contribution in [0.25, 0.3) is 0 Å². The first-order valence-corrected chi connectivity index (χ1v) is 12.6. The minimum absolute atomic E-state index is 0.0919. The Balaban J connectivity index is 1.44. The van der Waals surface area contributed by atoms with Crippen LogP contribution in [-0.2, 0) is 15.9 Å². The highest BCUT2D eigenvalue weighted by molar-refractivity contribution is 5.53. The van der Waals surface area contributed by atoms with Crippen LogP contribution in [-0.4, -0.2) is 38.7 Å². The number of halogens is 1. The lowest BCUT2D eigenvalue weighted by Crippen LogP contribution is -2.39. The molecule has 1 N–H and O–H groups in total. The molecule has 0 amide bonds. The molecule has 184 valence electrons. The van der Waals surface area contributed by atoms with Crippen LogP contribution in [0.4, 0.5) is 10.1 Å². The van der Waals surface area contributed by atoms with Crippen molar-refractivity contribution in [2.45, 2.75) is 43.8 Å². The molecular formula is C30H34FNO3. The van der Waals surface area contributed by atoms with Crippen molar-refractivity contribution in [2.75, 3.05) is 32.2 Å². The summed E-state index contributed by atoms with van der Waals surface area (Å²) in [5.41, 5.74) is 5.10. The Morgan fingerprint density at radius 1 is 0.886 bits per heavy atom. The molecule has 3 aromatic carbocycles. The number of methoxy groups -OCH3 is 2. The largest absolute Gasteiger partial charge is 0.508 e. The van der Waals surface area contributed by atoms with Gasteiger partial charge in [-0.15, -0.1) is 0 Å². The summed E-state index contributed by atoms with van der Waals surface area (Å²) in [6.07, 6.45) is 3.51. The van der Waals surface area contributed by atoms with E-state index in [2.05, 4.69) is 35.2 Å². The maximum absolute atomic E-state index is 15.9. The van der Waals surface area contributed by atoms with Gasteiger partial charge < -0.3 is 19.5 Å². The average molecular weight is 476 g/mol. The third kappa shape index (κ3) is 4.80. The number of hydrogen-bond acceptors (Lipinski definition) is 4. The second-order valence-electron chi connectivity index (χ2n) is 9.79. The van der Waals surface area contributed by atoms with E-state index in [1.807, 2.05) is 24.3 Å². The predicted molar refractivity (Wildman–Crippen MR) is 137 cm³/mol. The standard InChI is InChI=1S/C30H34FNO3/c1-34-30(35-2)21-14-16-32(17-15-21)23-9-12-27(28(31)19-23)29-25(20-6-4-3-5-7-20)11-8-22-18-24(33)10-13-26(22)29/h3-7,9-10,12-13,18-19,21,25,29-30,33H,8,11,14-17H2,1-2H3/t25-,29+/m0/s1. The highest BCUT2D eigenvalue weighted by Gasteiger charge is 2.34. The summed E-state index contributed by atoms with van der Waals surface area (Å²) in [4.78, 5) is 2.26. The van der Waals surface area contributed by atoms with E-state index in [1.165, 1.54) is 5.56 Å². The van der Waals surface area contributed by atoms with Crippen LogP contribution >= 0.6 is 0 Å². The van der Waals surface area contributed by atoms with Gasteiger partial charge in [-0.25, -0.2) is 4.39 Å². The summed E-state index contributed by atoms with van der Waals surface area (Å²) >= 11 is 0. The van der Waals surface area contributed by atoms with E-state index in [9.17, 15) is 5.11 Å². The topological polar surface area (TPSA) is 41.9 Å². The number of aromatic hydroxyl groups is 1. The lowest BCUT2D eigenvalue weighted by molar-refractivity contribution is -0.141. The fraction of sp³-hybridized carbons (Fsp3) is 0.400. The van der Waals surface area contributed by atoms with E-state index < -0.39 is 0 Å². The van der Waals surface area contributed by atoms with Crippen molar-refractivity contribution in [3.05, 3.63) is 94.8 Å². The Labute approximate surface area is 207 Å². The number of anilines is 1. The van der Waals surface area contributed by atoms with Crippen LogP contribution in [0.15, 0.2) is 66.7 Å². The van der Waals surface area contributed by atoms with Crippen LogP contribution in [0.5, 0.6) is 5.75 Å². The number of rotatable bonds is 6. The van der Waals surface area contributed by atoms with Crippen molar-refractivity contribution in [3.8, 4) is 5.75 Å². The van der Waals surface area contributed by atoms with Gasteiger partial charge in [0.25, 0.3) is 0 Å². The first-order valence-electron chi connectivity index (χ1n) is 12.6. The van der Waals surface area contributed by atoms with Gasteiger partial charge in [0.15, 0.2) is 6.29 Å². The van der Waals surface area contributed by atoms with Gasteiger partial charge >= 0.3 is 0 Å². The Hall–Kier alpha value is -2.89. The van der Waals surface area contributed by atoms with E-state index >= 15 is 4.39 Å². The molecule has 0 radical (unpaired) electrons. The van der Waals surface area contributed by atoms with Gasteiger partial charge in [-0.2, -0.15) is 0 Å². The Morgan fingerprint density at radius 3 is 2.29 bits per heavy atom. The van der Waals surface area contributed by atoms with E-state index in [0.717, 1.165) is 61.2 Å². The molecule has 0 spiro atoms. The van der Waals surface area contributed by atoms with Gasteiger partial charge in [-0.05, 0) is 78.1 Å². The van der Waals surface area contributed by atoms with Crippen LogP contribution < -0.4 is 4.90 Å². The summed E-state index contributed by atoms with van der Waals surface area (Å²) in [5.74, 6) is 0.550. The Kier molecular flexibility index (Phi) is 7.07. The van der Waals surface area contributed by atoms with Crippen molar-refractivity contribution in [3.63, 3.8) is 0 Å². The molecule has 4 nitrogen and oxygen atoms in total. The van der Waals surface area contributed by atoms with Gasteiger partial charge in [-0.1, -0.05) is 42.5 Å². The van der Waals surface area contributed by atoms with Crippen LogP contribution in [0.1, 0.15) is 53.4 Å². The fourth-order valence-corrected chi connectivity index (χ4v) is 6.13. The van der Waals surface area contributed by atoms with Gasteiger partial charge in [0.2, 0.25) is 0 Å². The molecule has 35 heavy (non-hydrogen) atoms. The lowest BCUT2D eigenvalue weighted by Gasteiger charge is -2.37. The number of ether oxygens (including phenoxy) is 2. The Morgan fingerprint density at radius 2 is 1.60 bits per heavy atom. The molecule has 2 atom stereocenters. The molecule has 0 bridgehead atoms. The number of aryl methyl sites for hydroxylation is 1. The number of fused-ring (bicyclic) bond motifs is 1. The summed E-state index contributed by atoms with van der Waals surface area (Å²) in [7, 11) is 3.37. The average Bonchev–Trinajstić information content (AvgIpc) is 2.89. The SMILES string of the molecule is COC(OC)C1CCN(c2ccc([C@H]3c4ccc(O)cc4CC[C@H]3c3ccccc3)c(F)c2)CC1. The third-order valence-electron chi connectivity index (χ3n) is 7.89. The van der Waals surface area contributed by atoms with Crippen molar-refractivity contribution in [1.82, 2.24) is 0 Å². The van der Waals surface area contributed by atoms with E-state index in [4.69, 9.17) is 9.47 Å². The molecule has 3 aromatic rings. The monoisotopic (exact) mass is 475 g/mol. The quantitative estimate of drug-likeness (QED) is 0.429. The molecule has 0 saturated carbocycles. The molecule has 1 aliphatic heterocycles. The molecular weight excluding hydrogens is 441 g/mol. The zero-order valence-electron chi connectivity index (χ0n) is 20.5. The van der Waals surface area contributed by atoms with Crippen LogP contribution in [0.2, 0.25) is 0 Å².